The van der Waals surface area contributed by atoms with E-state index in [0.717, 1.165) is 18.7 Å². The van der Waals surface area contributed by atoms with Crippen molar-refractivity contribution in [1.29, 1.82) is 0 Å². The first-order valence-corrected chi connectivity index (χ1v) is 5.13. The molecule has 0 saturated heterocycles. The Labute approximate surface area is 88.7 Å². The van der Waals surface area contributed by atoms with Crippen LogP contribution in [0, 0.1) is 5.41 Å². The van der Waals surface area contributed by atoms with E-state index in [0.29, 0.717) is 0 Å². The molecular weight excluding hydrogens is 192 g/mol. The third-order valence-corrected chi connectivity index (χ3v) is 2.65. The molecule has 0 spiro atoms. The Balaban J connectivity index is 2.10. The van der Waals surface area contributed by atoms with Gasteiger partial charge in [0, 0.05) is 5.41 Å². The summed E-state index contributed by atoms with van der Waals surface area (Å²) >= 11 is 0. The maximum atomic E-state index is 11.8. The Morgan fingerprint density at radius 1 is 1.53 bits per heavy atom. The van der Waals surface area contributed by atoms with Gasteiger partial charge in [-0.15, -0.1) is 10.2 Å². The fourth-order valence-electron chi connectivity index (χ4n) is 1.39. The molecule has 1 heterocycles. The zero-order chi connectivity index (χ0) is 11.1. The normalized spacial score (nSPS) is 18.6. The van der Waals surface area contributed by atoms with E-state index in [1.165, 1.54) is 0 Å². The molecule has 0 aromatic carbocycles. The first-order valence-electron chi connectivity index (χ1n) is 5.13. The van der Waals surface area contributed by atoms with Gasteiger partial charge in [-0.1, -0.05) is 20.8 Å². The van der Waals surface area contributed by atoms with Crippen molar-refractivity contribution in [1.82, 2.24) is 20.5 Å². The highest BCUT2D eigenvalue weighted by molar-refractivity contribution is 5.82. The van der Waals surface area contributed by atoms with Crippen molar-refractivity contribution in [3.8, 4) is 0 Å². The van der Waals surface area contributed by atoms with Crippen molar-refractivity contribution in [3.63, 3.8) is 0 Å². The molecule has 1 saturated carbocycles. The molecule has 2 rings (SSSR count). The lowest BCUT2D eigenvalue weighted by Gasteiger charge is -2.22. The maximum Gasteiger partial charge on any atom is 0.226 e. The molecule has 0 unspecified atom stereocenters. The summed E-state index contributed by atoms with van der Waals surface area (Å²) in [6.07, 6.45) is 3.41. The molecule has 5 heteroatoms. The number of aromatic amines is 1. The van der Waals surface area contributed by atoms with Gasteiger partial charge >= 0.3 is 0 Å². The number of H-pyrrole nitrogens is 1. The minimum atomic E-state index is -0.365. The quantitative estimate of drug-likeness (QED) is 0.760. The highest BCUT2D eigenvalue weighted by Gasteiger charge is 2.49. The molecule has 1 aliphatic carbocycles. The predicted molar refractivity (Wildman–Crippen MR) is 54.9 cm³/mol. The summed E-state index contributed by atoms with van der Waals surface area (Å²) in [7, 11) is 0. The largest absolute Gasteiger partial charge is 0.343 e. The van der Waals surface area contributed by atoms with Crippen molar-refractivity contribution in [3.05, 3.63) is 12.2 Å². The number of aromatic nitrogens is 3. The van der Waals surface area contributed by atoms with Gasteiger partial charge in [0.05, 0.1) is 5.54 Å². The van der Waals surface area contributed by atoms with Crippen molar-refractivity contribution in [2.24, 2.45) is 5.41 Å². The molecule has 1 fully saturated rings. The van der Waals surface area contributed by atoms with Gasteiger partial charge in [0.2, 0.25) is 5.91 Å². The third-order valence-electron chi connectivity index (χ3n) is 2.65. The van der Waals surface area contributed by atoms with Crippen LogP contribution in [0.3, 0.4) is 0 Å². The van der Waals surface area contributed by atoms with Gasteiger partial charge in [-0.2, -0.15) is 0 Å². The first-order chi connectivity index (χ1) is 6.94. The second-order valence-corrected chi connectivity index (χ2v) is 5.12. The minimum Gasteiger partial charge on any atom is -0.343 e. The monoisotopic (exact) mass is 208 g/mol. The number of hydrogen-bond acceptors (Lipinski definition) is 3. The van der Waals surface area contributed by atoms with Crippen LogP contribution in [0.4, 0.5) is 0 Å². The van der Waals surface area contributed by atoms with Gasteiger partial charge < -0.3 is 10.3 Å². The van der Waals surface area contributed by atoms with Crippen LogP contribution in [0.15, 0.2) is 6.33 Å². The Bertz CT molecular complexity index is 359. The van der Waals surface area contributed by atoms with E-state index in [9.17, 15) is 4.79 Å². The highest BCUT2D eigenvalue weighted by Crippen LogP contribution is 2.44. The molecule has 1 aliphatic rings. The second kappa shape index (κ2) is 3.05. The molecule has 0 radical (unpaired) electrons. The van der Waals surface area contributed by atoms with Crippen molar-refractivity contribution < 1.29 is 4.79 Å². The van der Waals surface area contributed by atoms with Crippen LogP contribution >= 0.6 is 0 Å². The molecule has 0 aliphatic heterocycles. The number of carbonyl (C=O) groups is 1. The third kappa shape index (κ3) is 1.86. The Morgan fingerprint density at radius 3 is 2.60 bits per heavy atom. The van der Waals surface area contributed by atoms with E-state index in [4.69, 9.17) is 0 Å². The number of nitrogens with zero attached hydrogens (tertiary/aromatic N) is 2. The summed E-state index contributed by atoms with van der Waals surface area (Å²) in [6, 6.07) is 0. The van der Waals surface area contributed by atoms with E-state index in [1.807, 2.05) is 20.8 Å². The van der Waals surface area contributed by atoms with E-state index in [1.54, 1.807) is 6.33 Å². The van der Waals surface area contributed by atoms with Crippen LogP contribution in [0.25, 0.3) is 0 Å². The fourth-order valence-corrected chi connectivity index (χ4v) is 1.39. The van der Waals surface area contributed by atoms with Crippen LogP contribution in [0.1, 0.15) is 39.4 Å². The van der Waals surface area contributed by atoms with E-state index < -0.39 is 0 Å². The van der Waals surface area contributed by atoms with Crippen LogP contribution in [0.2, 0.25) is 0 Å². The zero-order valence-electron chi connectivity index (χ0n) is 9.29. The van der Waals surface area contributed by atoms with Gasteiger partial charge in [-0.05, 0) is 12.8 Å². The molecule has 2 N–H and O–H groups in total. The molecule has 1 aromatic heterocycles. The molecule has 82 valence electrons. The number of hydrogen-bond donors (Lipinski definition) is 2. The number of carbonyl (C=O) groups excluding carboxylic acids is 1. The van der Waals surface area contributed by atoms with E-state index in [2.05, 4.69) is 20.5 Å². The molecule has 5 nitrogen and oxygen atoms in total. The van der Waals surface area contributed by atoms with Crippen LogP contribution < -0.4 is 5.32 Å². The highest BCUT2D eigenvalue weighted by atomic mass is 16.2. The lowest BCUT2D eigenvalue weighted by atomic mass is 9.95. The van der Waals surface area contributed by atoms with Crippen molar-refractivity contribution in [2.75, 3.05) is 0 Å². The summed E-state index contributed by atoms with van der Waals surface area (Å²) in [5.74, 6) is 0.816. The van der Waals surface area contributed by atoms with Crippen molar-refractivity contribution >= 4 is 5.91 Å². The van der Waals surface area contributed by atoms with Gasteiger partial charge in [0.25, 0.3) is 0 Å². The van der Waals surface area contributed by atoms with Gasteiger partial charge in [-0.25, -0.2) is 0 Å². The number of amides is 1. The molecule has 0 bridgehead atoms. The van der Waals surface area contributed by atoms with Gasteiger partial charge in [0.1, 0.15) is 6.33 Å². The van der Waals surface area contributed by atoms with Crippen molar-refractivity contribution in [2.45, 2.75) is 39.2 Å². The number of rotatable bonds is 2. The van der Waals surface area contributed by atoms with Crippen LogP contribution in [0.5, 0.6) is 0 Å². The Morgan fingerprint density at radius 2 is 2.20 bits per heavy atom. The van der Waals surface area contributed by atoms with E-state index in [-0.39, 0.29) is 16.9 Å². The fraction of sp³-hybridized carbons (Fsp3) is 0.700. The van der Waals surface area contributed by atoms with Crippen LogP contribution in [-0.4, -0.2) is 21.1 Å². The Hall–Kier alpha value is -1.39. The van der Waals surface area contributed by atoms with Crippen LogP contribution in [-0.2, 0) is 10.3 Å². The Kier molecular flexibility index (Phi) is 2.06. The average molecular weight is 208 g/mol. The molecule has 1 amide bonds. The van der Waals surface area contributed by atoms with Gasteiger partial charge in [-0.3, -0.25) is 4.79 Å². The smallest absolute Gasteiger partial charge is 0.226 e. The second-order valence-electron chi connectivity index (χ2n) is 5.12. The summed E-state index contributed by atoms with van der Waals surface area (Å²) in [4.78, 5) is 14.8. The summed E-state index contributed by atoms with van der Waals surface area (Å²) in [5.41, 5.74) is -0.642. The summed E-state index contributed by atoms with van der Waals surface area (Å²) < 4.78 is 0. The zero-order valence-corrected chi connectivity index (χ0v) is 9.29. The first kappa shape index (κ1) is 10.1. The van der Waals surface area contributed by atoms with Gasteiger partial charge in [0.15, 0.2) is 5.82 Å². The predicted octanol–water partition coefficient (Wildman–Crippen LogP) is 0.956. The number of nitrogens with one attached hydrogen (secondary N) is 2. The summed E-state index contributed by atoms with van der Waals surface area (Å²) in [5, 5.41) is 10.7. The SMILES string of the molecule is CC(C)(C)C(=O)NC1(c2nnc[nH]2)CC1. The average Bonchev–Trinajstić information content (AvgIpc) is 2.72. The summed E-state index contributed by atoms with van der Waals surface area (Å²) in [6.45, 7) is 5.70. The molecule has 0 atom stereocenters. The minimum absolute atomic E-state index is 0.0522. The lowest BCUT2D eigenvalue weighted by molar-refractivity contribution is -0.129. The van der Waals surface area contributed by atoms with E-state index >= 15 is 0 Å². The topological polar surface area (TPSA) is 70.7 Å². The lowest BCUT2D eigenvalue weighted by Crippen LogP contribution is -2.42. The molecule has 15 heavy (non-hydrogen) atoms. The molecular formula is C10H16N4O. The molecule has 1 aromatic rings. The standard InChI is InChI=1S/C10H16N4O/c1-9(2,3)8(15)13-10(4-5-10)7-11-6-12-14-7/h6H,4-5H2,1-3H3,(H,13,15)(H,11,12,14). The maximum absolute atomic E-state index is 11.8.